The number of rotatable bonds is 6. The summed E-state index contributed by atoms with van der Waals surface area (Å²) in [5, 5.41) is 0. The van der Waals surface area contributed by atoms with Crippen LogP contribution < -0.4 is 4.90 Å². The Balaban J connectivity index is 1.45. The van der Waals surface area contributed by atoms with Crippen molar-refractivity contribution in [1.29, 1.82) is 0 Å². The van der Waals surface area contributed by atoms with E-state index in [1.165, 1.54) is 5.69 Å². The third-order valence-electron chi connectivity index (χ3n) is 4.45. The number of alkyl halides is 1. The lowest BCUT2D eigenvalue weighted by molar-refractivity contribution is 0.0919. The van der Waals surface area contributed by atoms with E-state index in [1.54, 1.807) is 12.1 Å². The molecule has 1 unspecified atom stereocenters. The van der Waals surface area contributed by atoms with Crippen LogP contribution in [0.1, 0.15) is 16.8 Å². The van der Waals surface area contributed by atoms with Gasteiger partial charge in [-0.15, -0.1) is 0 Å². The van der Waals surface area contributed by atoms with E-state index in [-0.39, 0.29) is 12.2 Å². The molecule has 1 saturated heterocycles. The Hall–Kier alpha value is -2.20. The van der Waals surface area contributed by atoms with Gasteiger partial charge < -0.3 is 4.90 Å². The minimum Gasteiger partial charge on any atom is -0.369 e. The summed E-state index contributed by atoms with van der Waals surface area (Å²) in [4.78, 5) is 16.5. The van der Waals surface area contributed by atoms with Gasteiger partial charge >= 0.3 is 0 Å². The molecule has 1 fully saturated rings. The second-order valence-electron chi connectivity index (χ2n) is 6.21. The molecule has 126 valence electrons. The van der Waals surface area contributed by atoms with E-state index < -0.39 is 6.17 Å². The third kappa shape index (κ3) is 4.42. The SMILES string of the molecule is O=C(CC(F)CN1CCN(c2ccccc2)CC1)c1ccccc1. The molecule has 1 aliphatic heterocycles. The quantitative estimate of drug-likeness (QED) is 0.760. The number of anilines is 1. The highest BCUT2D eigenvalue weighted by atomic mass is 19.1. The summed E-state index contributed by atoms with van der Waals surface area (Å²) in [6.45, 7) is 3.78. The number of benzene rings is 2. The van der Waals surface area contributed by atoms with Crippen molar-refractivity contribution in [1.82, 2.24) is 4.90 Å². The lowest BCUT2D eigenvalue weighted by Crippen LogP contribution is -2.48. The van der Waals surface area contributed by atoms with Crippen LogP contribution in [0.15, 0.2) is 60.7 Å². The zero-order valence-corrected chi connectivity index (χ0v) is 13.8. The topological polar surface area (TPSA) is 23.6 Å². The Labute approximate surface area is 142 Å². The molecule has 1 aliphatic rings. The molecule has 0 saturated carbocycles. The summed E-state index contributed by atoms with van der Waals surface area (Å²) in [7, 11) is 0. The Morgan fingerprint density at radius 2 is 1.50 bits per heavy atom. The first-order valence-electron chi connectivity index (χ1n) is 8.47. The smallest absolute Gasteiger partial charge is 0.165 e. The molecule has 0 amide bonds. The van der Waals surface area contributed by atoms with E-state index in [4.69, 9.17) is 0 Å². The lowest BCUT2D eigenvalue weighted by Gasteiger charge is -2.36. The molecule has 2 aromatic carbocycles. The van der Waals surface area contributed by atoms with Crippen molar-refractivity contribution in [3.63, 3.8) is 0 Å². The van der Waals surface area contributed by atoms with Crippen molar-refractivity contribution in [2.45, 2.75) is 12.6 Å². The Morgan fingerprint density at radius 1 is 0.917 bits per heavy atom. The number of carbonyl (C=O) groups excluding carboxylic acids is 1. The van der Waals surface area contributed by atoms with Crippen molar-refractivity contribution in [3.05, 3.63) is 66.2 Å². The van der Waals surface area contributed by atoms with Crippen molar-refractivity contribution >= 4 is 11.5 Å². The van der Waals surface area contributed by atoms with Crippen LogP contribution in [0.5, 0.6) is 0 Å². The second kappa shape index (κ2) is 8.06. The van der Waals surface area contributed by atoms with E-state index in [0.717, 1.165) is 26.2 Å². The summed E-state index contributed by atoms with van der Waals surface area (Å²) >= 11 is 0. The predicted octanol–water partition coefficient (Wildman–Crippen LogP) is 3.42. The first kappa shape index (κ1) is 16.7. The predicted molar refractivity (Wildman–Crippen MR) is 95.4 cm³/mol. The number of para-hydroxylation sites is 1. The highest BCUT2D eigenvalue weighted by Crippen LogP contribution is 2.16. The maximum atomic E-state index is 14.3. The largest absolute Gasteiger partial charge is 0.369 e. The minimum atomic E-state index is -1.11. The monoisotopic (exact) mass is 326 g/mol. The van der Waals surface area contributed by atoms with Crippen LogP contribution in [0.2, 0.25) is 0 Å². The van der Waals surface area contributed by atoms with Crippen LogP contribution in [-0.2, 0) is 0 Å². The number of nitrogens with zero attached hydrogens (tertiary/aromatic N) is 2. The highest BCUT2D eigenvalue weighted by Gasteiger charge is 2.22. The van der Waals surface area contributed by atoms with Gasteiger partial charge in [0.2, 0.25) is 0 Å². The average molecular weight is 326 g/mol. The first-order chi connectivity index (χ1) is 11.7. The van der Waals surface area contributed by atoms with Crippen molar-refractivity contribution in [3.8, 4) is 0 Å². The molecule has 4 heteroatoms. The van der Waals surface area contributed by atoms with Crippen molar-refractivity contribution < 1.29 is 9.18 Å². The van der Waals surface area contributed by atoms with Gasteiger partial charge in [-0.2, -0.15) is 0 Å². The highest BCUT2D eigenvalue weighted by molar-refractivity contribution is 5.96. The summed E-state index contributed by atoms with van der Waals surface area (Å²) < 4.78 is 14.3. The van der Waals surface area contributed by atoms with Crippen LogP contribution >= 0.6 is 0 Å². The van der Waals surface area contributed by atoms with Crippen LogP contribution in [-0.4, -0.2) is 49.6 Å². The molecule has 0 spiro atoms. The van der Waals surface area contributed by atoms with Gasteiger partial charge in [-0.3, -0.25) is 9.69 Å². The van der Waals surface area contributed by atoms with Crippen LogP contribution in [0, 0.1) is 0 Å². The van der Waals surface area contributed by atoms with E-state index in [9.17, 15) is 9.18 Å². The number of carbonyl (C=O) groups is 1. The molecular formula is C20H23FN2O. The summed E-state index contributed by atoms with van der Waals surface area (Å²) in [5.41, 5.74) is 1.81. The van der Waals surface area contributed by atoms with Gasteiger partial charge in [0.05, 0.1) is 0 Å². The molecule has 0 radical (unpaired) electrons. The molecule has 2 aromatic rings. The number of ketones is 1. The maximum absolute atomic E-state index is 14.3. The fourth-order valence-corrected chi connectivity index (χ4v) is 3.12. The number of hydrogen-bond donors (Lipinski definition) is 0. The molecule has 0 aliphatic carbocycles. The number of halogens is 1. The normalized spacial score (nSPS) is 16.8. The molecule has 1 heterocycles. The summed E-state index contributed by atoms with van der Waals surface area (Å²) in [6.07, 6.45) is -1.15. The molecule has 0 bridgehead atoms. The summed E-state index contributed by atoms with van der Waals surface area (Å²) in [6, 6.07) is 19.3. The minimum absolute atomic E-state index is 0.0388. The lowest BCUT2D eigenvalue weighted by atomic mass is 10.1. The Morgan fingerprint density at radius 3 is 2.12 bits per heavy atom. The zero-order valence-electron chi connectivity index (χ0n) is 13.8. The maximum Gasteiger partial charge on any atom is 0.165 e. The van der Waals surface area contributed by atoms with E-state index in [2.05, 4.69) is 21.9 Å². The van der Waals surface area contributed by atoms with Crippen molar-refractivity contribution in [2.24, 2.45) is 0 Å². The van der Waals surface area contributed by atoms with Crippen LogP contribution in [0.3, 0.4) is 0 Å². The number of Topliss-reactive ketones (excluding diaryl/α,β-unsaturated/α-hetero) is 1. The summed E-state index contributed by atoms with van der Waals surface area (Å²) in [5.74, 6) is -0.119. The standard InChI is InChI=1S/C20H23FN2O/c21-18(15-20(24)17-7-3-1-4-8-17)16-22-11-13-23(14-12-22)19-9-5-2-6-10-19/h1-10,18H,11-16H2. The van der Waals surface area contributed by atoms with Crippen LogP contribution in [0.25, 0.3) is 0 Å². The van der Waals surface area contributed by atoms with Crippen molar-refractivity contribution in [2.75, 3.05) is 37.6 Å². The fourth-order valence-electron chi connectivity index (χ4n) is 3.12. The molecule has 0 N–H and O–H groups in total. The second-order valence-corrected chi connectivity index (χ2v) is 6.21. The molecule has 3 nitrogen and oxygen atoms in total. The van der Waals surface area contributed by atoms with E-state index in [0.29, 0.717) is 12.1 Å². The van der Waals surface area contributed by atoms with Gasteiger partial charge in [-0.1, -0.05) is 48.5 Å². The molecule has 24 heavy (non-hydrogen) atoms. The Kier molecular flexibility index (Phi) is 5.59. The average Bonchev–Trinajstić information content (AvgIpc) is 2.64. The van der Waals surface area contributed by atoms with E-state index in [1.807, 2.05) is 36.4 Å². The first-order valence-corrected chi connectivity index (χ1v) is 8.47. The van der Waals surface area contributed by atoms with Gasteiger partial charge in [-0.25, -0.2) is 4.39 Å². The van der Waals surface area contributed by atoms with Gasteiger partial charge in [0.1, 0.15) is 6.17 Å². The molecule has 3 rings (SSSR count). The van der Waals surface area contributed by atoms with Crippen LogP contribution in [0.4, 0.5) is 10.1 Å². The molecule has 1 atom stereocenters. The zero-order chi connectivity index (χ0) is 16.8. The van der Waals surface area contributed by atoms with Gasteiger partial charge in [-0.05, 0) is 12.1 Å². The van der Waals surface area contributed by atoms with Gasteiger partial charge in [0.15, 0.2) is 5.78 Å². The fraction of sp³-hybridized carbons (Fsp3) is 0.350. The van der Waals surface area contributed by atoms with E-state index >= 15 is 0 Å². The Bertz CT molecular complexity index is 639. The van der Waals surface area contributed by atoms with Gasteiger partial charge in [0.25, 0.3) is 0 Å². The molecule has 0 aromatic heterocycles. The number of piperazine rings is 1. The number of hydrogen-bond acceptors (Lipinski definition) is 3. The van der Waals surface area contributed by atoms with Gasteiger partial charge in [0, 0.05) is 50.4 Å². The third-order valence-corrected chi connectivity index (χ3v) is 4.45. The molecular weight excluding hydrogens is 303 g/mol.